The highest BCUT2D eigenvalue weighted by molar-refractivity contribution is 7.90. The molecule has 3 aliphatic carbocycles. The van der Waals surface area contributed by atoms with Crippen LogP contribution < -0.4 is 0 Å². The van der Waals surface area contributed by atoms with Crippen LogP contribution in [0.3, 0.4) is 0 Å². The second-order valence-corrected chi connectivity index (χ2v) is 7.85. The molecule has 0 unspecified atom stereocenters. The van der Waals surface area contributed by atoms with E-state index in [1.54, 1.807) is 7.05 Å². The zero-order valence-electron chi connectivity index (χ0n) is 9.96. The molecule has 4 heteroatoms. The average Bonchev–Trinajstić information content (AvgIpc) is 2.13. The molecule has 0 atom stereocenters. The number of benzene rings is 1. The third kappa shape index (κ3) is 1.54. The smallest absolute Gasteiger partial charge is 0.212 e. The highest BCUT2D eigenvalue weighted by Crippen LogP contribution is 2.62. The Hall–Kier alpha value is -0.870. The van der Waals surface area contributed by atoms with Gasteiger partial charge >= 0.3 is 0 Å². The van der Waals surface area contributed by atoms with E-state index in [9.17, 15) is 8.42 Å². The monoisotopic (exact) mass is 251 g/mol. The Kier molecular flexibility index (Phi) is 2.35. The predicted molar refractivity (Wildman–Crippen MR) is 66.9 cm³/mol. The summed E-state index contributed by atoms with van der Waals surface area (Å²) in [6.45, 7) is 0.482. The number of hydrogen-bond donors (Lipinski definition) is 0. The molecule has 4 rings (SSSR count). The highest BCUT2D eigenvalue weighted by atomic mass is 32.2. The van der Waals surface area contributed by atoms with Gasteiger partial charge in [-0.25, -0.2) is 12.7 Å². The topological polar surface area (TPSA) is 37.4 Å². The van der Waals surface area contributed by atoms with Gasteiger partial charge in [0.25, 0.3) is 0 Å². The zero-order chi connectivity index (χ0) is 12.1. The fourth-order valence-electron chi connectivity index (χ4n) is 2.97. The zero-order valence-corrected chi connectivity index (χ0v) is 10.8. The largest absolute Gasteiger partial charge is 0.219 e. The summed E-state index contributed by atoms with van der Waals surface area (Å²) in [7, 11) is -1.40. The molecular formula is C13H17NO2S. The molecule has 0 saturated heterocycles. The van der Waals surface area contributed by atoms with Gasteiger partial charge in [-0.05, 0) is 30.7 Å². The maximum absolute atomic E-state index is 12.4. The number of nitrogens with zero attached hydrogens (tertiary/aromatic N) is 1. The SMILES string of the molecule is CN(Cc1ccccc1)S(=O)(=O)C12CC(C1)C2. The molecule has 17 heavy (non-hydrogen) atoms. The lowest BCUT2D eigenvalue weighted by Gasteiger charge is -2.60. The number of hydrogen-bond acceptors (Lipinski definition) is 2. The standard InChI is InChI=1S/C13H17NO2S/c1-14(10-11-5-3-2-4-6-11)17(15,16)13-7-12(8-13)9-13/h2-6,12H,7-10H2,1H3. The first-order valence-electron chi connectivity index (χ1n) is 6.03. The Balaban J connectivity index is 1.76. The summed E-state index contributed by atoms with van der Waals surface area (Å²) in [6.07, 6.45) is 2.65. The van der Waals surface area contributed by atoms with Gasteiger partial charge in [0.05, 0.1) is 4.75 Å². The fourth-order valence-corrected chi connectivity index (χ4v) is 5.29. The molecule has 3 saturated carbocycles. The normalized spacial score (nSPS) is 30.8. The lowest BCUT2D eigenvalue weighted by atomic mass is 9.55. The Labute approximate surface area is 102 Å². The predicted octanol–water partition coefficient (Wildman–Crippen LogP) is 2.00. The van der Waals surface area contributed by atoms with E-state index < -0.39 is 10.0 Å². The van der Waals surface area contributed by atoms with Crippen LogP contribution in [0.2, 0.25) is 0 Å². The first-order valence-corrected chi connectivity index (χ1v) is 7.47. The molecule has 1 aromatic carbocycles. The molecule has 0 aromatic heterocycles. The van der Waals surface area contributed by atoms with Gasteiger partial charge in [0, 0.05) is 13.6 Å². The summed E-state index contributed by atoms with van der Waals surface area (Å²) in [4.78, 5) is 0. The van der Waals surface area contributed by atoms with Crippen LogP contribution in [-0.2, 0) is 16.6 Å². The minimum atomic E-state index is -3.10. The van der Waals surface area contributed by atoms with Crippen molar-refractivity contribution in [3.8, 4) is 0 Å². The van der Waals surface area contributed by atoms with Crippen molar-refractivity contribution in [2.75, 3.05) is 7.05 Å². The first-order chi connectivity index (χ1) is 8.03. The molecule has 0 radical (unpaired) electrons. The molecule has 0 spiro atoms. The van der Waals surface area contributed by atoms with Crippen LogP contribution in [0.1, 0.15) is 24.8 Å². The Morgan fingerprint density at radius 2 is 1.82 bits per heavy atom. The van der Waals surface area contributed by atoms with E-state index in [0.29, 0.717) is 12.5 Å². The van der Waals surface area contributed by atoms with E-state index in [1.165, 1.54) is 4.31 Å². The van der Waals surface area contributed by atoms with Crippen molar-refractivity contribution in [2.45, 2.75) is 30.6 Å². The van der Waals surface area contributed by atoms with Crippen molar-refractivity contribution in [3.05, 3.63) is 35.9 Å². The molecule has 0 heterocycles. The summed E-state index contributed by atoms with van der Waals surface area (Å²) in [5.41, 5.74) is 1.05. The molecule has 3 nitrogen and oxygen atoms in total. The Morgan fingerprint density at radius 1 is 1.24 bits per heavy atom. The lowest BCUT2D eigenvalue weighted by Crippen LogP contribution is -2.65. The Morgan fingerprint density at radius 3 is 2.29 bits per heavy atom. The van der Waals surface area contributed by atoms with E-state index in [1.807, 2.05) is 30.3 Å². The van der Waals surface area contributed by atoms with Crippen molar-refractivity contribution in [1.29, 1.82) is 0 Å². The summed E-state index contributed by atoms with van der Waals surface area (Å²) < 4.78 is 25.9. The Bertz CT molecular complexity index is 507. The number of rotatable bonds is 4. The van der Waals surface area contributed by atoms with Crippen molar-refractivity contribution in [3.63, 3.8) is 0 Å². The van der Waals surface area contributed by atoms with Gasteiger partial charge < -0.3 is 0 Å². The van der Waals surface area contributed by atoms with Crippen LogP contribution >= 0.6 is 0 Å². The summed E-state index contributed by atoms with van der Waals surface area (Å²) >= 11 is 0. The van der Waals surface area contributed by atoms with Crippen LogP contribution in [0.15, 0.2) is 30.3 Å². The molecule has 0 amide bonds. The van der Waals surface area contributed by atoms with Gasteiger partial charge in [0.15, 0.2) is 0 Å². The maximum Gasteiger partial charge on any atom is 0.219 e. The number of sulfonamides is 1. The van der Waals surface area contributed by atoms with Crippen LogP contribution in [0.4, 0.5) is 0 Å². The second kappa shape index (κ2) is 3.56. The van der Waals surface area contributed by atoms with E-state index in [-0.39, 0.29) is 4.75 Å². The van der Waals surface area contributed by atoms with Crippen molar-refractivity contribution in [1.82, 2.24) is 4.31 Å². The molecule has 1 aromatic rings. The minimum absolute atomic E-state index is 0.388. The summed E-state index contributed by atoms with van der Waals surface area (Å²) in [5, 5.41) is 0. The highest BCUT2D eigenvalue weighted by Gasteiger charge is 2.65. The van der Waals surface area contributed by atoms with Gasteiger partial charge in [-0.15, -0.1) is 0 Å². The third-order valence-electron chi connectivity index (χ3n) is 4.19. The van der Waals surface area contributed by atoms with Crippen LogP contribution in [-0.4, -0.2) is 24.5 Å². The molecule has 0 aliphatic heterocycles. The fraction of sp³-hybridized carbons (Fsp3) is 0.538. The van der Waals surface area contributed by atoms with E-state index in [4.69, 9.17) is 0 Å². The molecule has 3 fully saturated rings. The van der Waals surface area contributed by atoms with Gasteiger partial charge in [-0.3, -0.25) is 0 Å². The first kappa shape index (κ1) is 11.2. The molecule has 3 aliphatic rings. The maximum atomic E-state index is 12.4. The van der Waals surface area contributed by atoms with Gasteiger partial charge in [-0.1, -0.05) is 30.3 Å². The van der Waals surface area contributed by atoms with E-state index in [2.05, 4.69) is 0 Å². The third-order valence-corrected chi connectivity index (χ3v) is 6.73. The second-order valence-electron chi connectivity index (χ2n) is 5.41. The van der Waals surface area contributed by atoms with Crippen LogP contribution in [0.5, 0.6) is 0 Å². The molecule has 0 N–H and O–H groups in total. The molecule has 2 bridgehead atoms. The van der Waals surface area contributed by atoms with Gasteiger partial charge in [0.1, 0.15) is 0 Å². The summed E-state index contributed by atoms with van der Waals surface area (Å²) in [5.74, 6) is 0.690. The van der Waals surface area contributed by atoms with Gasteiger partial charge in [-0.2, -0.15) is 0 Å². The van der Waals surface area contributed by atoms with Crippen LogP contribution in [0.25, 0.3) is 0 Å². The van der Waals surface area contributed by atoms with Gasteiger partial charge in [0.2, 0.25) is 10.0 Å². The van der Waals surface area contributed by atoms with Crippen molar-refractivity contribution < 1.29 is 8.42 Å². The average molecular weight is 251 g/mol. The quantitative estimate of drug-likeness (QED) is 0.821. The molecule has 92 valence electrons. The lowest BCUT2D eigenvalue weighted by molar-refractivity contribution is 0.0432. The van der Waals surface area contributed by atoms with E-state index in [0.717, 1.165) is 24.8 Å². The van der Waals surface area contributed by atoms with Crippen molar-refractivity contribution >= 4 is 10.0 Å². The summed E-state index contributed by atoms with van der Waals surface area (Å²) in [6, 6.07) is 9.76. The minimum Gasteiger partial charge on any atom is -0.212 e. The van der Waals surface area contributed by atoms with Crippen molar-refractivity contribution in [2.24, 2.45) is 5.92 Å². The van der Waals surface area contributed by atoms with Crippen LogP contribution in [0, 0.1) is 5.92 Å². The van der Waals surface area contributed by atoms with E-state index >= 15 is 0 Å². The molecular weight excluding hydrogens is 234 g/mol.